The molecule has 0 bridgehead atoms. The summed E-state index contributed by atoms with van der Waals surface area (Å²) in [6.07, 6.45) is -0.861. The lowest BCUT2D eigenvalue weighted by molar-refractivity contribution is -0.159. The number of benzene rings is 2. The smallest absolute Gasteiger partial charge is 0.335 e. The molecular formula is C21H26O5. The Hall–Kier alpha value is -2.37. The van der Waals surface area contributed by atoms with E-state index >= 15 is 0 Å². The van der Waals surface area contributed by atoms with Gasteiger partial charge in [-0.1, -0.05) is 49.7 Å². The van der Waals surface area contributed by atoms with Gasteiger partial charge in [-0.25, -0.2) is 4.79 Å². The molecule has 2 N–H and O–H groups in total. The average Bonchev–Trinajstić information content (AvgIpc) is 2.64. The van der Waals surface area contributed by atoms with Crippen LogP contribution < -0.4 is 4.74 Å². The molecular weight excluding hydrogens is 332 g/mol. The van der Waals surface area contributed by atoms with Crippen molar-refractivity contribution in [2.24, 2.45) is 0 Å². The molecule has 2 atom stereocenters. The van der Waals surface area contributed by atoms with Crippen LogP contribution in [0.1, 0.15) is 42.6 Å². The van der Waals surface area contributed by atoms with Crippen molar-refractivity contribution in [2.45, 2.75) is 45.5 Å². The number of rotatable bonds is 10. The second-order valence-electron chi connectivity index (χ2n) is 6.22. The highest BCUT2D eigenvalue weighted by Crippen LogP contribution is 2.27. The summed E-state index contributed by atoms with van der Waals surface area (Å²) in [4.78, 5) is 11.4. The van der Waals surface area contributed by atoms with Gasteiger partial charge in [0.1, 0.15) is 18.5 Å². The summed E-state index contributed by atoms with van der Waals surface area (Å²) in [5.41, 5.74) is 2.35. The molecule has 0 amide bonds. The molecule has 0 saturated heterocycles. The number of carboxylic acid groups (broad SMARTS) is 1. The Labute approximate surface area is 154 Å². The summed E-state index contributed by atoms with van der Waals surface area (Å²) < 4.78 is 11.1. The first-order valence-electron chi connectivity index (χ1n) is 8.82. The molecule has 0 heterocycles. The second-order valence-corrected chi connectivity index (χ2v) is 6.22. The fourth-order valence-corrected chi connectivity index (χ4v) is 2.63. The van der Waals surface area contributed by atoms with Gasteiger partial charge in [-0.3, -0.25) is 0 Å². The quantitative estimate of drug-likeness (QED) is 0.631. The number of hydrogen-bond acceptors (Lipinski definition) is 4. The number of aryl methyl sites for hydroxylation is 1. The predicted octanol–water partition coefficient (Wildman–Crippen LogP) is 3.88. The van der Waals surface area contributed by atoms with Crippen molar-refractivity contribution in [3.8, 4) is 5.75 Å². The first-order valence-corrected chi connectivity index (χ1v) is 8.82. The first-order chi connectivity index (χ1) is 12.5. The van der Waals surface area contributed by atoms with Gasteiger partial charge in [0.05, 0.1) is 0 Å². The van der Waals surface area contributed by atoms with Crippen LogP contribution in [0.2, 0.25) is 0 Å². The Morgan fingerprint density at radius 2 is 1.88 bits per heavy atom. The summed E-state index contributed by atoms with van der Waals surface area (Å²) in [6.45, 7) is 4.56. The molecule has 0 aliphatic carbocycles. The van der Waals surface area contributed by atoms with Crippen LogP contribution in [-0.2, 0) is 16.1 Å². The van der Waals surface area contributed by atoms with Gasteiger partial charge >= 0.3 is 5.97 Å². The Bertz CT molecular complexity index is 699. The van der Waals surface area contributed by atoms with E-state index in [1.165, 1.54) is 0 Å². The van der Waals surface area contributed by atoms with Gasteiger partial charge in [-0.2, -0.15) is 0 Å². The van der Waals surface area contributed by atoms with Gasteiger partial charge in [0.15, 0.2) is 6.10 Å². The van der Waals surface area contributed by atoms with Gasteiger partial charge in [0.2, 0.25) is 0 Å². The predicted molar refractivity (Wildman–Crippen MR) is 99.2 cm³/mol. The molecule has 0 saturated carbocycles. The lowest BCUT2D eigenvalue weighted by atomic mass is 9.99. The van der Waals surface area contributed by atoms with Crippen LogP contribution in [0.4, 0.5) is 0 Å². The van der Waals surface area contributed by atoms with E-state index in [2.05, 4.69) is 0 Å². The topological polar surface area (TPSA) is 76.0 Å². The van der Waals surface area contributed by atoms with Crippen LogP contribution in [0.15, 0.2) is 48.5 Å². The first kappa shape index (κ1) is 19.9. The van der Waals surface area contributed by atoms with E-state index in [-0.39, 0.29) is 0 Å². The molecule has 26 heavy (non-hydrogen) atoms. The monoisotopic (exact) mass is 358 g/mol. The molecule has 0 fully saturated rings. The zero-order valence-corrected chi connectivity index (χ0v) is 15.2. The fourth-order valence-electron chi connectivity index (χ4n) is 2.63. The molecule has 0 aliphatic heterocycles. The van der Waals surface area contributed by atoms with Crippen molar-refractivity contribution in [3.63, 3.8) is 0 Å². The maximum atomic E-state index is 11.4. The SMILES string of the molecule is CCCCOC(C(=O)O)C(O)c1ccc(OCc2ccccc2)cc1C. The Balaban J connectivity index is 2.05. The van der Waals surface area contributed by atoms with Gasteiger partial charge in [-0.05, 0) is 42.2 Å². The summed E-state index contributed by atoms with van der Waals surface area (Å²) in [5, 5.41) is 19.8. The lowest BCUT2D eigenvalue weighted by Crippen LogP contribution is -2.31. The Morgan fingerprint density at radius 1 is 1.15 bits per heavy atom. The molecule has 2 aromatic carbocycles. The van der Waals surface area contributed by atoms with Crippen molar-refractivity contribution in [1.82, 2.24) is 0 Å². The molecule has 5 nitrogen and oxygen atoms in total. The number of hydrogen-bond donors (Lipinski definition) is 2. The van der Waals surface area contributed by atoms with Crippen molar-refractivity contribution in [3.05, 3.63) is 65.2 Å². The number of aliphatic carboxylic acids is 1. The fraction of sp³-hybridized carbons (Fsp3) is 0.381. The third kappa shape index (κ3) is 5.58. The van der Waals surface area contributed by atoms with Gasteiger partial charge < -0.3 is 19.7 Å². The zero-order valence-electron chi connectivity index (χ0n) is 15.2. The molecule has 2 rings (SSSR count). The molecule has 2 unspecified atom stereocenters. The van der Waals surface area contributed by atoms with E-state index in [0.717, 1.165) is 24.0 Å². The Kier molecular flexibility index (Phi) is 7.63. The highest BCUT2D eigenvalue weighted by Gasteiger charge is 2.29. The van der Waals surface area contributed by atoms with Crippen LogP contribution in [-0.4, -0.2) is 28.9 Å². The minimum Gasteiger partial charge on any atom is -0.489 e. The maximum absolute atomic E-state index is 11.4. The normalized spacial score (nSPS) is 13.2. The van der Waals surface area contributed by atoms with E-state index < -0.39 is 18.2 Å². The van der Waals surface area contributed by atoms with E-state index in [9.17, 15) is 15.0 Å². The van der Waals surface area contributed by atoms with Crippen LogP contribution in [0.5, 0.6) is 5.75 Å². The van der Waals surface area contributed by atoms with Crippen LogP contribution in [0, 0.1) is 6.92 Å². The van der Waals surface area contributed by atoms with Gasteiger partial charge in [0, 0.05) is 6.61 Å². The minimum absolute atomic E-state index is 0.307. The number of ether oxygens (including phenoxy) is 2. The summed E-state index contributed by atoms with van der Waals surface area (Å²) in [7, 11) is 0. The van der Waals surface area contributed by atoms with E-state index in [1.807, 2.05) is 44.2 Å². The number of carbonyl (C=O) groups is 1. The highest BCUT2D eigenvalue weighted by atomic mass is 16.5. The van der Waals surface area contributed by atoms with Crippen LogP contribution in [0.3, 0.4) is 0 Å². The van der Waals surface area contributed by atoms with Crippen molar-refractivity contribution in [1.29, 1.82) is 0 Å². The summed E-state index contributed by atoms with van der Waals surface area (Å²) >= 11 is 0. The second kappa shape index (κ2) is 9.94. The maximum Gasteiger partial charge on any atom is 0.335 e. The van der Waals surface area contributed by atoms with E-state index in [1.54, 1.807) is 18.2 Å². The largest absolute Gasteiger partial charge is 0.489 e. The van der Waals surface area contributed by atoms with Gasteiger partial charge in [-0.15, -0.1) is 0 Å². The van der Waals surface area contributed by atoms with Crippen LogP contribution >= 0.6 is 0 Å². The number of carboxylic acids is 1. The van der Waals surface area contributed by atoms with E-state index in [0.29, 0.717) is 24.5 Å². The number of aliphatic hydroxyl groups is 1. The molecule has 2 aromatic rings. The third-order valence-corrected chi connectivity index (χ3v) is 4.13. The van der Waals surface area contributed by atoms with Crippen LogP contribution in [0.25, 0.3) is 0 Å². The highest BCUT2D eigenvalue weighted by molar-refractivity contribution is 5.73. The average molecular weight is 358 g/mol. The van der Waals surface area contributed by atoms with Gasteiger partial charge in [0.25, 0.3) is 0 Å². The van der Waals surface area contributed by atoms with Crippen molar-refractivity contribution < 1.29 is 24.5 Å². The lowest BCUT2D eigenvalue weighted by Gasteiger charge is -2.22. The number of aliphatic hydroxyl groups excluding tert-OH is 1. The minimum atomic E-state index is -1.28. The molecule has 0 aromatic heterocycles. The van der Waals surface area contributed by atoms with Crippen molar-refractivity contribution >= 4 is 5.97 Å². The Morgan fingerprint density at radius 3 is 2.50 bits per heavy atom. The summed E-state index contributed by atoms with van der Waals surface area (Å²) in [6, 6.07) is 15.0. The molecule has 0 spiro atoms. The van der Waals surface area contributed by atoms with E-state index in [4.69, 9.17) is 9.47 Å². The third-order valence-electron chi connectivity index (χ3n) is 4.13. The zero-order chi connectivity index (χ0) is 18.9. The standard InChI is InChI=1S/C21H26O5/c1-3-4-12-25-20(21(23)24)19(22)18-11-10-17(13-15(18)2)26-14-16-8-6-5-7-9-16/h5-11,13,19-20,22H,3-4,12,14H2,1-2H3,(H,23,24). The molecule has 5 heteroatoms. The molecule has 140 valence electrons. The van der Waals surface area contributed by atoms with Crippen molar-refractivity contribution in [2.75, 3.05) is 6.61 Å². The number of unbranched alkanes of at least 4 members (excludes halogenated alkanes) is 1. The summed E-state index contributed by atoms with van der Waals surface area (Å²) in [5.74, 6) is -0.501. The molecule has 0 radical (unpaired) electrons. The molecule has 0 aliphatic rings.